The summed E-state index contributed by atoms with van der Waals surface area (Å²) in [5, 5.41) is 10.6. The van der Waals surface area contributed by atoms with Gasteiger partial charge in [-0.15, -0.1) is 0 Å². The van der Waals surface area contributed by atoms with Gasteiger partial charge in [-0.05, 0) is 12.2 Å². The Balaban J connectivity index is 3.60. The normalized spacial score (nSPS) is 10.4. The van der Waals surface area contributed by atoms with Gasteiger partial charge in [0.05, 0.1) is 12.4 Å². The van der Waals surface area contributed by atoms with Gasteiger partial charge in [0.1, 0.15) is 4.99 Å². The number of nitrogens with one attached hydrogen (secondary N) is 3. The zero-order valence-corrected chi connectivity index (χ0v) is 9.28. The lowest BCUT2D eigenvalue weighted by molar-refractivity contribution is 0.983. The van der Waals surface area contributed by atoms with Crippen LogP contribution in [0.2, 0.25) is 0 Å². The molecule has 8 heteroatoms. The monoisotopic (exact) mass is 232 g/mol. The largest absolute Gasteiger partial charge is 0.364 e. The van der Waals surface area contributed by atoms with Crippen molar-refractivity contribution < 1.29 is 0 Å². The number of nitrogens with two attached hydrogens (primary N) is 1. The van der Waals surface area contributed by atoms with Crippen LogP contribution in [0.5, 0.6) is 0 Å². The maximum atomic E-state index is 5.22. The fourth-order valence-electron chi connectivity index (χ4n) is 0.373. The minimum Gasteiger partial charge on any atom is -0.364 e. The van der Waals surface area contributed by atoms with E-state index in [-0.39, 0.29) is 6.54 Å². The molecule has 78 valence electrons. The molecule has 0 bridgehead atoms. The molecule has 0 unspecified atom stereocenters. The lowest BCUT2D eigenvalue weighted by atomic mass is 10.7. The van der Waals surface area contributed by atoms with Gasteiger partial charge in [0.2, 0.25) is 0 Å². The molecule has 0 aromatic heterocycles. The van der Waals surface area contributed by atoms with E-state index in [4.69, 9.17) is 30.2 Å². The first kappa shape index (κ1) is 12.9. The van der Waals surface area contributed by atoms with Gasteiger partial charge in [-0.25, -0.2) is 0 Å². The van der Waals surface area contributed by atoms with Crippen LogP contribution in [0.4, 0.5) is 0 Å². The fraction of sp³-hybridized carbons (Fsp3) is 0.333. The molecule has 0 rings (SSSR count). The molecule has 0 atom stereocenters. The number of hydrazone groups is 2. The Morgan fingerprint density at radius 2 is 1.86 bits per heavy atom. The molecular formula is C6H12N6S2. The summed E-state index contributed by atoms with van der Waals surface area (Å²) < 4.78 is 0. The van der Waals surface area contributed by atoms with E-state index in [0.717, 1.165) is 0 Å². The van der Waals surface area contributed by atoms with Crippen molar-refractivity contribution in [3.63, 3.8) is 0 Å². The molecule has 6 nitrogen and oxygen atoms in total. The number of hydrogen-bond donors (Lipinski definition) is 4. The van der Waals surface area contributed by atoms with Crippen molar-refractivity contribution in [1.82, 2.24) is 16.2 Å². The average Bonchev–Trinajstić information content (AvgIpc) is 2.22. The second kappa shape index (κ2) is 8.48. The van der Waals surface area contributed by atoms with Crippen molar-refractivity contribution in [2.24, 2.45) is 15.9 Å². The molecule has 0 heterocycles. The van der Waals surface area contributed by atoms with E-state index in [1.165, 1.54) is 12.4 Å². The molecule has 0 aromatic rings. The van der Waals surface area contributed by atoms with Crippen LogP contribution in [-0.2, 0) is 0 Å². The maximum Gasteiger partial charge on any atom is 0.186 e. The van der Waals surface area contributed by atoms with Crippen LogP contribution in [0.1, 0.15) is 0 Å². The van der Waals surface area contributed by atoms with Gasteiger partial charge in [-0.3, -0.25) is 10.9 Å². The minimum atomic E-state index is 0.270. The summed E-state index contributed by atoms with van der Waals surface area (Å²) in [7, 11) is 1.69. The van der Waals surface area contributed by atoms with Crippen molar-refractivity contribution in [2.45, 2.75) is 0 Å². The Morgan fingerprint density at radius 1 is 1.29 bits per heavy atom. The first-order chi connectivity index (χ1) is 6.70. The van der Waals surface area contributed by atoms with E-state index in [0.29, 0.717) is 10.1 Å². The predicted octanol–water partition coefficient (Wildman–Crippen LogP) is -1.07. The smallest absolute Gasteiger partial charge is 0.186 e. The van der Waals surface area contributed by atoms with E-state index in [9.17, 15) is 0 Å². The summed E-state index contributed by atoms with van der Waals surface area (Å²) in [4.78, 5) is 0.466. The van der Waals surface area contributed by atoms with Gasteiger partial charge in [-0.2, -0.15) is 10.2 Å². The molecule has 0 aliphatic carbocycles. The fourth-order valence-corrected chi connectivity index (χ4v) is 0.479. The Morgan fingerprint density at radius 3 is 2.36 bits per heavy atom. The quantitative estimate of drug-likeness (QED) is 0.280. The molecular weight excluding hydrogens is 220 g/mol. The SMILES string of the molecule is CNC(=S)NN=CC=NNC(=S)CN. The standard InChI is InChI=1S/C6H12N6S2/c1-8-6(14)12-10-3-2-9-11-5(13)4-7/h2-3H,4,7H2,1H3,(H,11,13)(H2,8,12,14). The van der Waals surface area contributed by atoms with Crippen molar-refractivity contribution in [3.8, 4) is 0 Å². The van der Waals surface area contributed by atoms with Crippen LogP contribution in [0, 0.1) is 0 Å². The summed E-state index contributed by atoms with van der Waals surface area (Å²) in [5.74, 6) is 0. The zero-order valence-electron chi connectivity index (χ0n) is 7.65. The predicted molar refractivity (Wildman–Crippen MR) is 66.6 cm³/mol. The van der Waals surface area contributed by atoms with Gasteiger partial charge < -0.3 is 11.1 Å². The third-order valence-electron chi connectivity index (χ3n) is 0.984. The van der Waals surface area contributed by atoms with E-state index in [1.807, 2.05) is 0 Å². The topological polar surface area (TPSA) is 86.8 Å². The van der Waals surface area contributed by atoms with Crippen LogP contribution >= 0.6 is 24.4 Å². The highest BCUT2D eigenvalue weighted by atomic mass is 32.1. The average molecular weight is 232 g/mol. The Labute approximate surface area is 93.0 Å². The van der Waals surface area contributed by atoms with Crippen LogP contribution in [0.15, 0.2) is 10.2 Å². The van der Waals surface area contributed by atoms with Gasteiger partial charge in [0.25, 0.3) is 0 Å². The highest BCUT2D eigenvalue weighted by Crippen LogP contribution is 1.66. The van der Waals surface area contributed by atoms with E-state index in [2.05, 4.69) is 26.4 Å². The third-order valence-corrected chi connectivity index (χ3v) is 1.54. The van der Waals surface area contributed by atoms with Crippen molar-refractivity contribution in [3.05, 3.63) is 0 Å². The Bertz CT molecular complexity index is 223. The first-order valence-electron chi connectivity index (χ1n) is 3.72. The van der Waals surface area contributed by atoms with E-state index < -0.39 is 0 Å². The molecule has 0 aliphatic heterocycles. The Kier molecular flexibility index (Phi) is 7.80. The molecule has 0 radical (unpaired) electrons. The molecule has 0 fully saturated rings. The summed E-state index contributed by atoms with van der Waals surface area (Å²) in [6.45, 7) is 0.270. The number of thiocarbonyl (C=S) groups is 2. The van der Waals surface area contributed by atoms with Crippen molar-refractivity contribution in [2.75, 3.05) is 13.6 Å². The second-order valence-electron chi connectivity index (χ2n) is 1.99. The molecule has 0 saturated heterocycles. The Hall–Kier alpha value is -1.12. The third kappa shape index (κ3) is 7.53. The van der Waals surface area contributed by atoms with E-state index in [1.54, 1.807) is 7.05 Å². The molecule has 0 amide bonds. The van der Waals surface area contributed by atoms with Crippen molar-refractivity contribution in [1.29, 1.82) is 0 Å². The number of nitrogens with zero attached hydrogens (tertiary/aromatic N) is 2. The van der Waals surface area contributed by atoms with Gasteiger partial charge >= 0.3 is 0 Å². The highest BCUT2D eigenvalue weighted by molar-refractivity contribution is 7.80. The van der Waals surface area contributed by atoms with Crippen LogP contribution in [-0.4, -0.2) is 36.1 Å². The van der Waals surface area contributed by atoms with Crippen LogP contribution < -0.4 is 21.9 Å². The van der Waals surface area contributed by atoms with Gasteiger partial charge in [0.15, 0.2) is 5.11 Å². The van der Waals surface area contributed by atoms with Crippen molar-refractivity contribution >= 4 is 47.0 Å². The maximum absolute atomic E-state index is 5.22. The number of rotatable bonds is 4. The number of hydrogen-bond acceptors (Lipinski definition) is 5. The molecule has 0 aromatic carbocycles. The van der Waals surface area contributed by atoms with Gasteiger partial charge in [0, 0.05) is 13.6 Å². The zero-order chi connectivity index (χ0) is 10.8. The van der Waals surface area contributed by atoms with Crippen LogP contribution in [0.3, 0.4) is 0 Å². The molecule has 0 spiro atoms. The molecule has 0 aliphatic rings. The molecule has 5 N–H and O–H groups in total. The summed E-state index contributed by atoms with van der Waals surface area (Å²) >= 11 is 9.51. The van der Waals surface area contributed by atoms with E-state index >= 15 is 0 Å². The highest BCUT2D eigenvalue weighted by Gasteiger charge is 1.84. The lowest BCUT2D eigenvalue weighted by Gasteiger charge is -1.98. The molecule has 14 heavy (non-hydrogen) atoms. The van der Waals surface area contributed by atoms with Crippen LogP contribution in [0.25, 0.3) is 0 Å². The lowest BCUT2D eigenvalue weighted by Crippen LogP contribution is -2.28. The summed E-state index contributed by atoms with van der Waals surface area (Å²) in [6.07, 6.45) is 2.85. The first-order valence-corrected chi connectivity index (χ1v) is 4.53. The second-order valence-corrected chi connectivity index (χ2v) is 2.89. The minimum absolute atomic E-state index is 0.270. The molecule has 0 saturated carbocycles. The summed E-state index contributed by atoms with van der Waals surface area (Å²) in [5.41, 5.74) is 10.3. The van der Waals surface area contributed by atoms with Gasteiger partial charge in [-0.1, -0.05) is 12.2 Å². The summed E-state index contributed by atoms with van der Waals surface area (Å²) in [6, 6.07) is 0.